The summed E-state index contributed by atoms with van der Waals surface area (Å²) in [6, 6.07) is 22.8. The molecule has 1 heterocycles. The highest BCUT2D eigenvalue weighted by Crippen LogP contribution is 2.35. The maximum absolute atomic E-state index is 13.1. The Morgan fingerprint density at radius 1 is 0.947 bits per heavy atom. The van der Waals surface area contributed by atoms with Crippen molar-refractivity contribution in [2.45, 2.75) is 52.0 Å². The number of urea groups is 1. The summed E-state index contributed by atoms with van der Waals surface area (Å²) >= 11 is 0. The first-order valence-electron chi connectivity index (χ1n) is 13.3. The van der Waals surface area contributed by atoms with Crippen LogP contribution in [-0.4, -0.2) is 34.3 Å². The number of hydrogen-bond acceptors (Lipinski definition) is 3. The number of anilines is 3. The Kier molecular flexibility index (Phi) is 7.36. The van der Waals surface area contributed by atoms with Gasteiger partial charge >= 0.3 is 12.0 Å². The molecule has 7 heteroatoms. The molecule has 1 saturated carbocycles. The number of fused-ring (bicyclic) bond motifs is 1. The van der Waals surface area contributed by atoms with E-state index in [9.17, 15) is 14.7 Å². The quantitative estimate of drug-likeness (QED) is 0.241. The number of nitrogens with zero attached hydrogens (tertiary/aromatic N) is 2. The number of aromatic nitrogens is 1. The van der Waals surface area contributed by atoms with Crippen molar-refractivity contribution in [3.8, 4) is 5.69 Å². The second kappa shape index (κ2) is 11.0. The molecule has 196 valence electrons. The first-order valence-corrected chi connectivity index (χ1v) is 13.3. The second-order valence-corrected chi connectivity index (χ2v) is 9.95. The Bertz CT molecular complexity index is 1450. The zero-order valence-corrected chi connectivity index (χ0v) is 21.9. The first kappa shape index (κ1) is 25.4. The van der Waals surface area contributed by atoms with Crippen LogP contribution in [0.4, 0.5) is 21.9 Å². The molecule has 1 aliphatic rings. The number of amides is 2. The van der Waals surface area contributed by atoms with Crippen LogP contribution in [0.2, 0.25) is 0 Å². The third-order valence-corrected chi connectivity index (χ3v) is 7.39. The van der Waals surface area contributed by atoms with E-state index in [0.29, 0.717) is 23.1 Å². The van der Waals surface area contributed by atoms with Crippen molar-refractivity contribution in [1.29, 1.82) is 0 Å². The van der Waals surface area contributed by atoms with E-state index in [2.05, 4.69) is 22.5 Å². The summed E-state index contributed by atoms with van der Waals surface area (Å²) in [5.74, 6) is -1.01. The average molecular weight is 511 g/mol. The summed E-state index contributed by atoms with van der Waals surface area (Å²) < 4.78 is 1.74. The molecule has 3 aromatic carbocycles. The number of carbonyl (C=O) groups is 2. The predicted octanol–water partition coefficient (Wildman–Crippen LogP) is 7.44. The van der Waals surface area contributed by atoms with E-state index in [1.807, 2.05) is 73.7 Å². The number of carboxylic acids is 1. The van der Waals surface area contributed by atoms with Crippen LogP contribution in [0.3, 0.4) is 0 Å². The lowest BCUT2D eigenvalue weighted by atomic mass is 9.93. The van der Waals surface area contributed by atoms with E-state index in [-0.39, 0.29) is 11.7 Å². The fraction of sp³-hybridized carbons (Fsp3) is 0.290. The molecule has 1 fully saturated rings. The largest absolute Gasteiger partial charge is 0.477 e. The molecule has 3 N–H and O–H groups in total. The number of carbonyl (C=O) groups excluding carboxylic acids is 1. The van der Waals surface area contributed by atoms with Crippen molar-refractivity contribution in [3.05, 3.63) is 84.1 Å². The van der Waals surface area contributed by atoms with Crippen LogP contribution in [0, 0.1) is 6.92 Å². The molecule has 1 aliphatic carbocycles. The van der Waals surface area contributed by atoms with Crippen LogP contribution < -0.4 is 15.5 Å². The standard InChI is InChI=1S/C31H34N4O3/c1-3-34(24-10-5-4-6-11-24)28-18-17-25(35-27-12-8-7-9-22(27)19-29(35)30(36)37)20-26(28)33-31(38)32-23-15-13-21(2)14-16-23/h7-9,12-20,24H,3-6,10-11H2,1-2H3,(H,36,37)(H2,32,33,38). The highest BCUT2D eigenvalue weighted by atomic mass is 16.4. The monoisotopic (exact) mass is 510 g/mol. The lowest BCUT2D eigenvalue weighted by Crippen LogP contribution is -2.37. The molecule has 0 aliphatic heterocycles. The summed E-state index contributed by atoms with van der Waals surface area (Å²) in [5.41, 5.74) is 5.06. The summed E-state index contributed by atoms with van der Waals surface area (Å²) in [5, 5.41) is 16.8. The van der Waals surface area contributed by atoms with Gasteiger partial charge in [0.1, 0.15) is 5.69 Å². The Labute approximate surface area is 223 Å². The van der Waals surface area contributed by atoms with E-state index >= 15 is 0 Å². The van der Waals surface area contributed by atoms with Crippen molar-refractivity contribution in [3.63, 3.8) is 0 Å². The van der Waals surface area contributed by atoms with Gasteiger partial charge in [0.05, 0.1) is 16.9 Å². The second-order valence-electron chi connectivity index (χ2n) is 9.95. The van der Waals surface area contributed by atoms with Gasteiger partial charge in [-0.05, 0) is 69.2 Å². The van der Waals surface area contributed by atoms with Crippen molar-refractivity contribution >= 4 is 40.0 Å². The predicted molar refractivity (Wildman–Crippen MR) is 154 cm³/mol. The molecule has 0 spiro atoms. The van der Waals surface area contributed by atoms with Gasteiger partial charge in [-0.2, -0.15) is 0 Å². The summed E-state index contributed by atoms with van der Waals surface area (Å²) in [6.45, 7) is 4.95. The molecule has 0 bridgehead atoms. The maximum Gasteiger partial charge on any atom is 0.352 e. The number of rotatable bonds is 7. The maximum atomic E-state index is 13.1. The zero-order valence-electron chi connectivity index (χ0n) is 21.9. The first-order chi connectivity index (χ1) is 18.4. The number of nitrogens with one attached hydrogen (secondary N) is 2. The topological polar surface area (TPSA) is 86.6 Å². The number of aryl methyl sites for hydroxylation is 1. The third kappa shape index (κ3) is 5.23. The van der Waals surface area contributed by atoms with Gasteiger partial charge in [0, 0.05) is 29.3 Å². The lowest BCUT2D eigenvalue weighted by Gasteiger charge is -2.36. The molecular formula is C31H34N4O3. The molecule has 2 amide bonds. The number of carboxylic acid groups (broad SMARTS) is 1. The summed E-state index contributed by atoms with van der Waals surface area (Å²) in [6.07, 6.45) is 5.90. The Morgan fingerprint density at radius 2 is 1.68 bits per heavy atom. The van der Waals surface area contributed by atoms with Gasteiger partial charge in [0.2, 0.25) is 0 Å². The molecule has 4 aromatic rings. The Morgan fingerprint density at radius 3 is 2.39 bits per heavy atom. The minimum atomic E-state index is -1.01. The van der Waals surface area contributed by atoms with Crippen molar-refractivity contribution < 1.29 is 14.7 Å². The Balaban J connectivity index is 1.57. The highest BCUT2D eigenvalue weighted by Gasteiger charge is 2.24. The van der Waals surface area contributed by atoms with Gasteiger partial charge in [-0.15, -0.1) is 0 Å². The van der Waals surface area contributed by atoms with E-state index in [4.69, 9.17) is 0 Å². The molecule has 1 aromatic heterocycles. The van der Waals surface area contributed by atoms with E-state index in [1.54, 1.807) is 10.6 Å². The molecule has 5 rings (SSSR count). The fourth-order valence-corrected chi connectivity index (χ4v) is 5.54. The summed E-state index contributed by atoms with van der Waals surface area (Å²) in [7, 11) is 0. The number of para-hydroxylation sites is 1. The highest BCUT2D eigenvalue weighted by molar-refractivity contribution is 6.02. The van der Waals surface area contributed by atoms with Gasteiger partial charge in [0.15, 0.2) is 0 Å². The number of benzene rings is 3. The van der Waals surface area contributed by atoms with E-state index < -0.39 is 5.97 Å². The SMILES string of the molecule is CCN(c1ccc(-n2c(C(=O)O)cc3ccccc32)cc1NC(=O)Nc1ccc(C)cc1)C1CCCCC1. The molecule has 38 heavy (non-hydrogen) atoms. The van der Waals surface area contributed by atoms with Crippen molar-refractivity contribution in [1.82, 2.24) is 4.57 Å². The van der Waals surface area contributed by atoms with Crippen LogP contribution >= 0.6 is 0 Å². The summed E-state index contributed by atoms with van der Waals surface area (Å²) in [4.78, 5) is 27.7. The molecule has 0 radical (unpaired) electrons. The minimum Gasteiger partial charge on any atom is -0.477 e. The van der Waals surface area contributed by atoms with Crippen LogP contribution in [0.25, 0.3) is 16.6 Å². The smallest absolute Gasteiger partial charge is 0.352 e. The average Bonchev–Trinajstić information content (AvgIpc) is 3.32. The molecule has 0 atom stereocenters. The van der Waals surface area contributed by atoms with E-state index in [0.717, 1.165) is 41.5 Å². The molecule has 7 nitrogen and oxygen atoms in total. The third-order valence-electron chi connectivity index (χ3n) is 7.39. The molecular weight excluding hydrogens is 476 g/mol. The number of aromatic carboxylic acids is 1. The zero-order chi connectivity index (χ0) is 26.6. The van der Waals surface area contributed by atoms with Gasteiger partial charge in [-0.3, -0.25) is 0 Å². The molecule has 0 saturated heterocycles. The Hall–Kier alpha value is -4.26. The van der Waals surface area contributed by atoms with Gasteiger partial charge < -0.3 is 25.2 Å². The van der Waals surface area contributed by atoms with Crippen LogP contribution in [-0.2, 0) is 0 Å². The number of hydrogen-bond donors (Lipinski definition) is 3. The van der Waals surface area contributed by atoms with Gasteiger partial charge in [-0.25, -0.2) is 9.59 Å². The minimum absolute atomic E-state index is 0.175. The normalized spacial score (nSPS) is 13.8. The molecule has 0 unspecified atom stereocenters. The van der Waals surface area contributed by atoms with E-state index in [1.165, 1.54) is 19.3 Å². The van der Waals surface area contributed by atoms with Crippen LogP contribution in [0.5, 0.6) is 0 Å². The van der Waals surface area contributed by atoms with Gasteiger partial charge in [0.25, 0.3) is 0 Å². The fourth-order valence-electron chi connectivity index (χ4n) is 5.54. The van der Waals surface area contributed by atoms with Crippen molar-refractivity contribution in [2.75, 3.05) is 22.1 Å². The van der Waals surface area contributed by atoms with Crippen LogP contribution in [0.1, 0.15) is 55.1 Å². The van der Waals surface area contributed by atoms with Crippen LogP contribution in [0.15, 0.2) is 72.8 Å². The van der Waals surface area contributed by atoms with Crippen molar-refractivity contribution in [2.24, 2.45) is 0 Å². The lowest BCUT2D eigenvalue weighted by molar-refractivity contribution is 0.0688. The van der Waals surface area contributed by atoms with Gasteiger partial charge in [-0.1, -0.05) is 55.2 Å².